The molecule has 2 rings (SSSR count). The summed E-state index contributed by atoms with van der Waals surface area (Å²) in [6, 6.07) is 4.73. The Morgan fingerprint density at radius 1 is 1.30 bits per heavy atom. The van der Waals surface area contributed by atoms with Gasteiger partial charge in [-0.15, -0.1) is 0 Å². The minimum atomic E-state index is -0.431. The molecule has 0 spiro atoms. The maximum Gasteiger partial charge on any atom is 0.272 e. The number of nitrogens with zero attached hydrogens (tertiary/aromatic N) is 1. The fraction of sp³-hybridized carbons (Fsp3) is 0.533. The first-order chi connectivity index (χ1) is 9.47. The van der Waals surface area contributed by atoms with Crippen molar-refractivity contribution in [3.8, 4) is 0 Å². The molecular weight excluding hydrogens is 256 g/mol. The third kappa shape index (κ3) is 3.35. The average Bonchev–Trinajstić information content (AvgIpc) is 2.40. The molecule has 1 amide bonds. The van der Waals surface area contributed by atoms with Gasteiger partial charge in [-0.2, -0.15) is 0 Å². The molecule has 0 saturated heterocycles. The van der Waals surface area contributed by atoms with Gasteiger partial charge in [0.2, 0.25) is 0 Å². The van der Waals surface area contributed by atoms with Gasteiger partial charge in [0, 0.05) is 23.2 Å². The Labute approximate surface area is 118 Å². The summed E-state index contributed by atoms with van der Waals surface area (Å²) in [6.07, 6.45) is 4.31. The summed E-state index contributed by atoms with van der Waals surface area (Å²) in [6.45, 7) is 3.88. The molecule has 0 heterocycles. The second-order valence-corrected chi connectivity index (χ2v) is 5.69. The fourth-order valence-electron chi connectivity index (χ4n) is 2.67. The zero-order chi connectivity index (χ0) is 14.7. The topological polar surface area (TPSA) is 72.2 Å². The summed E-state index contributed by atoms with van der Waals surface area (Å²) in [5.41, 5.74) is 1.06. The number of hydrogen-bond donors (Lipinski definition) is 1. The molecule has 1 aliphatic rings. The molecule has 1 N–H and O–H groups in total. The molecule has 1 saturated carbocycles. The number of nitro benzene ring substituents is 1. The van der Waals surface area contributed by atoms with Crippen LogP contribution in [0.25, 0.3) is 0 Å². The summed E-state index contributed by atoms with van der Waals surface area (Å²) in [5.74, 6) is 0.604. The molecule has 1 aliphatic carbocycles. The van der Waals surface area contributed by atoms with E-state index in [2.05, 4.69) is 12.2 Å². The minimum Gasteiger partial charge on any atom is -0.349 e. The lowest BCUT2D eigenvalue weighted by molar-refractivity contribution is -0.385. The molecule has 1 fully saturated rings. The molecule has 5 nitrogen and oxygen atoms in total. The van der Waals surface area contributed by atoms with E-state index < -0.39 is 4.92 Å². The van der Waals surface area contributed by atoms with Gasteiger partial charge in [0.05, 0.1) is 4.92 Å². The van der Waals surface area contributed by atoms with Crippen molar-refractivity contribution in [2.75, 3.05) is 0 Å². The van der Waals surface area contributed by atoms with Gasteiger partial charge in [-0.3, -0.25) is 14.9 Å². The van der Waals surface area contributed by atoms with E-state index in [0.717, 1.165) is 31.6 Å². The molecule has 1 aromatic carbocycles. The molecule has 0 aliphatic heterocycles. The van der Waals surface area contributed by atoms with Crippen LogP contribution in [-0.2, 0) is 0 Å². The highest BCUT2D eigenvalue weighted by molar-refractivity contribution is 5.94. The van der Waals surface area contributed by atoms with Crippen molar-refractivity contribution in [3.63, 3.8) is 0 Å². The number of hydrogen-bond acceptors (Lipinski definition) is 3. The second kappa shape index (κ2) is 6.03. The molecule has 0 atom stereocenters. The van der Waals surface area contributed by atoms with Crippen molar-refractivity contribution in [1.82, 2.24) is 5.32 Å². The first-order valence-corrected chi connectivity index (χ1v) is 7.03. The van der Waals surface area contributed by atoms with Crippen LogP contribution in [0.1, 0.15) is 48.5 Å². The van der Waals surface area contributed by atoms with Crippen molar-refractivity contribution in [3.05, 3.63) is 39.4 Å². The first kappa shape index (κ1) is 14.5. The molecule has 5 heteroatoms. The number of aryl methyl sites for hydroxylation is 1. The lowest BCUT2D eigenvalue weighted by Crippen LogP contribution is -2.37. The molecule has 1 aromatic rings. The molecule has 20 heavy (non-hydrogen) atoms. The Hall–Kier alpha value is -1.91. The second-order valence-electron chi connectivity index (χ2n) is 5.69. The van der Waals surface area contributed by atoms with Crippen molar-refractivity contribution in [1.29, 1.82) is 0 Å². The van der Waals surface area contributed by atoms with E-state index in [1.807, 2.05) is 0 Å². The standard InChI is InChI=1S/C15H20N2O3/c1-10-3-6-13(7-4-10)16-15(18)12-5-8-14(17(19)20)11(2)9-12/h5,8-10,13H,3-4,6-7H2,1-2H3,(H,16,18). The number of benzene rings is 1. The Kier molecular flexibility index (Phi) is 4.37. The predicted octanol–water partition coefficient (Wildman–Crippen LogP) is 3.21. The highest BCUT2D eigenvalue weighted by atomic mass is 16.6. The van der Waals surface area contributed by atoms with Crippen LogP contribution in [0.5, 0.6) is 0 Å². The highest BCUT2D eigenvalue weighted by Gasteiger charge is 2.21. The maximum atomic E-state index is 12.1. The van der Waals surface area contributed by atoms with Gasteiger partial charge in [-0.1, -0.05) is 6.92 Å². The molecular formula is C15H20N2O3. The number of carbonyl (C=O) groups excluding carboxylic acids is 1. The largest absolute Gasteiger partial charge is 0.349 e. The van der Waals surface area contributed by atoms with Gasteiger partial charge < -0.3 is 5.32 Å². The zero-order valence-electron chi connectivity index (χ0n) is 11.9. The fourth-order valence-corrected chi connectivity index (χ4v) is 2.67. The Morgan fingerprint density at radius 3 is 2.50 bits per heavy atom. The zero-order valence-corrected chi connectivity index (χ0v) is 11.9. The van der Waals surface area contributed by atoms with Crippen LogP contribution >= 0.6 is 0 Å². The molecule has 0 radical (unpaired) electrons. The van der Waals surface area contributed by atoms with Crippen LogP contribution in [0.2, 0.25) is 0 Å². The van der Waals surface area contributed by atoms with Crippen molar-refractivity contribution in [2.45, 2.75) is 45.6 Å². The van der Waals surface area contributed by atoms with E-state index in [4.69, 9.17) is 0 Å². The Balaban J connectivity index is 2.02. The number of carbonyl (C=O) groups is 1. The van der Waals surface area contributed by atoms with E-state index in [-0.39, 0.29) is 17.6 Å². The van der Waals surface area contributed by atoms with Crippen LogP contribution in [0, 0.1) is 23.0 Å². The van der Waals surface area contributed by atoms with E-state index in [0.29, 0.717) is 11.1 Å². The molecule has 0 bridgehead atoms. The van der Waals surface area contributed by atoms with E-state index in [1.54, 1.807) is 13.0 Å². The molecule has 0 unspecified atom stereocenters. The number of amides is 1. The van der Waals surface area contributed by atoms with Gasteiger partial charge in [-0.25, -0.2) is 0 Å². The molecule has 108 valence electrons. The molecule has 0 aromatic heterocycles. The third-order valence-corrected chi connectivity index (χ3v) is 4.01. The summed E-state index contributed by atoms with van der Waals surface area (Å²) in [7, 11) is 0. The summed E-state index contributed by atoms with van der Waals surface area (Å²) >= 11 is 0. The van der Waals surface area contributed by atoms with Crippen LogP contribution in [-0.4, -0.2) is 16.9 Å². The highest BCUT2D eigenvalue weighted by Crippen LogP contribution is 2.24. The number of nitro groups is 1. The van der Waals surface area contributed by atoms with Crippen LogP contribution in [0.4, 0.5) is 5.69 Å². The van der Waals surface area contributed by atoms with Crippen molar-refractivity contribution < 1.29 is 9.72 Å². The van der Waals surface area contributed by atoms with Crippen LogP contribution < -0.4 is 5.32 Å². The van der Waals surface area contributed by atoms with Crippen molar-refractivity contribution in [2.24, 2.45) is 5.92 Å². The smallest absolute Gasteiger partial charge is 0.272 e. The Bertz CT molecular complexity index is 520. The lowest BCUT2D eigenvalue weighted by atomic mass is 9.87. The van der Waals surface area contributed by atoms with Gasteiger partial charge >= 0.3 is 0 Å². The number of rotatable bonds is 3. The monoisotopic (exact) mass is 276 g/mol. The SMILES string of the molecule is Cc1cc(C(=O)NC2CCC(C)CC2)ccc1[N+](=O)[O-]. The first-order valence-electron chi connectivity index (χ1n) is 7.03. The van der Waals surface area contributed by atoms with E-state index >= 15 is 0 Å². The number of nitrogens with one attached hydrogen (secondary N) is 1. The van der Waals surface area contributed by atoms with Gasteiger partial charge in [0.15, 0.2) is 0 Å². The lowest BCUT2D eigenvalue weighted by Gasteiger charge is -2.26. The van der Waals surface area contributed by atoms with Gasteiger partial charge in [0.1, 0.15) is 0 Å². The predicted molar refractivity (Wildman–Crippen MR) is 76.7 cm³/mol. The third-order valence-electron chi connectivity index (χ3n) is 4.01. The summed E-state index contributed by atoms with van der Waals surface area (Å²) < 4.78 is 0. The maximum absolute atomic E-state index is 12.1. The van der Waals surface area contributed by atoms with Gasteiger partial charge in [0.25, 0.3) is 11.6 Å². The van der Waals surface area contributed by atoms with E-state index in [9.17, 15) is 14.9 Å². The van der Waals surface area contributed by atoms with Gasteiger partial charge in [-0.05, 0) is 50.7 Å². The average molecular weight is 276 g/mol. The van der Waals surface area contributed by atoms with E-state index in [1.165, 1.54) is 12.1 Å². The Morgan fingerprint density at radius 2 is 1.95 bits per heavy atom. The minimum absolute atomic E-state index is 0.0491. The van der Waals surface area contributed by atoms with Crippen molar-refractivity contribution >= 4 is 11.6 Å². The van der Waals surface area contributed by atoms with Crippen LogP contribution in [0.3, 0.4) is 0 Å². The quantitative estimate of drug-likeness (QED) is 0.680. The summed E-state index contributed by atoms with van der Waals surface area (Å²) in [4.78, 5) is 22.5. The normalized spacial score (nSPS) is 22.3. The summed E-state index contributed by atoms with van der Waals surface area (Å²) in [5, 5.41) is 13.8. The van der Waals surface area contributed by atoms with Crippen LogP contribution in [0.15, 0.2) is 18.2 Å².